The van der Waals surface area contributed by atoms with Crippen molar-refractivity contribution in [2.24, 2.45) is 5.73 Å². The first-order valence-electron chi connectivity index (χ1n) is 5.69. The van der Waals surface area contributed by atoms with E-state index in [1.165, 1.54) is 0 Å². The number of H-pyrrole nitrogens is 1. The van der Waals surface area contributed by atoms with Crippen molar-refractivity contribution in [2.75, 3.05) is 13.1 Å². The average molecular weight is 232 g/mol. The van der Waals surface area contributed by atoms with Crippen LogP contribution < -0.4 is 11.1 Å². The zero-order chi connectivity index (χ0) is 12.1. The van der Waals surface area contributed by atoms with Gasteiger partial charge in [0.15, 0.2) is 0 Å². The molecule has 0 saturated heterocycles. The number of nitrogens with two attached hydrogens (primary N) is 1. The second-order valence-corrected chi connectivity index (χ2v) is 3.88. The summed E-state index contributed by atoms with van der Waals surface area (Å²) >= 11 is 0. The van der Waals surface area contributed by atoms with E-state index in [1.54, 1.807) is 6.20 Å². The van der Waals surface area contributed by atoms with E-state index in [2.05, 4.69) is 15.3 Å². The Balaban J connectivity index is 2.01. The van der Waals surface area contributed by atoms with Crippen LogP contribution in [0.4, 0.5) is 0 Å². The Bertz CT molecular complexity index is 506. The molecule has 0 aliphatic heterocycles. The van der Waals surface area contributed by atoms with Crippen LogP contribution in [0.25, 0.3) is 11.0 Å². The van der Waals surface area contributed by atoms with Gasteiger partial charge in [-0.2, -0.15) is 0 Å². The summed E-state index contributed by atoms with van der Waals surface area (Å²) in [5.41, 5.74) is 7.15. The smallest absolute Gasteiger partial charge is 0.224 e. The number of amides is 1. The van der Waals surface area contributed by atoms with Crippen molar-refractivity contribution in [3.05, 3.63) is 30.1 Å². The summed E-state index contributed by atoms with van der Waals surface area (Å²) in [5, 5.41) is 3.83. The zero-order valence-electron chi connectivity index (χ0n) is 9.57. The van der Waals surface area contributed by atoms with Gasteiger partial charge in [0.25, 0.3) is 0 Å². The van der Waals surface area contributed by atoms with Crippen molar-refractivity contribution in [1.29, 1.82) is 0 Å². The van der Waals surface area contributed by atoms with Gasteiger partial charge < -0.3 is 16.0 Å². The number of carbonyl (C=O) groups excluding carboxylic acids is 1. The molecule has 17 heavy (non-hydrogen) atoms. The highest BCUT2D eigenvalue weighted by molar-refractivity contribution is 5.86. The summed E-state index contributed by atoms with van der Waals surface area (Å²) in [4.78, 5) is 18.9. The van der Waals surface area contributed by atoms with Gasteiger partial charge in [0.05, 0.1) is 6.42 Å². The Kier molecular flexibility index (Phi) is 3.72. The summed E-state index contributed by atoms with van der Waals surface area (Å²) in [6.07, 6.45) is 4.74. The number of nitrogens with one attached hydrogen (secondary N) is 2. The maximum Gasteiger partial charge on any atom is 0.224 e. The standard InChI is InChI=1S/C12H16N4O/c13-4-2-6-14-11(17)7-9-8-16-12-10(9)3-1-5-15-12/h1,3,5,8H,2,4,6-7,13H2,(H,14,17)(H,15,16). The van der Waals surface area contributed by atoms with E-state index < -0.39 is 0 Å². The number of hydrogen-bond acceptors (Lipinski definition) is 3. The number of hydrogen-bond donors (Lipinski definition) is 3. The molecule has 0 fully saturated rings. The van der Waals surface area contributed by atoms with E-state index >= 15 is 0 Å². The third-order valence-corrected chi connectivity index (χ3v) is 2.59. The summed E-state index contributed by atoms with van der Waals surface area (Å²) in [5.74, 6) is 0.0169. The SMILES string of the molecule is NCCCNC(=O)Cc1c[nH]c2ncccc12. The van der Waals surface area contributed by atoms with Crippen LogP contribution in [0.1, 0.15) is 12.0 Å². The lowest BCUT2D eigenvalue weighted by atomic mass is 10.1. The van der Waals surface area contributed by atoms with E-state index in [0.29, 0.717) is 19.5 Å². The largest absolute Gasteiger partial charge is 0.356 e. The average Bonchev–Trinajstić information content (AvgIpc) is 2.73. The predicted octanol–water partition coefficient (Wildman–Crippen LogP) is 0.570. The summed E-state index contributed by atoms with van der Waals surface area (Å²) in [6, 6.07) is 3.83. The molecule has 2 aromatic rings. The lowest BCUT2D eigenvalue weighted by Gasteiger charge is -2.03. The quantitative estimate of drug-likeness (QED) is 0.659. The lowest BCUT2D eigenvalue weighted by molar-refractivity contribution is -0.120. The first-order chi connectivity index (χ1) is 8.31. The van der Waals surface area contributed by atoms with Crippen LogP contribution in [0.15, 0.2) is 24.5 Å². The van der Waals surface area contributed by atoms with Gasteiger partial charge in [0.1, 0.15) is 5.65 Å². The molecule has 0 radical (unpaired) electrons. The Morgan fingerprint density at radius 1 is 1.53 bits per heavy atom. The van der Waals surface area contributed by atoms with Crippen LogP contribution in [-0.4, -0.2) is 29.0 Å². The fourth-order valence-electron chi connectivity index (χ4n) is 1.72. The molecule has 0 bridgehead atoms. The number of nitrogens with zero attached hydrogens (tertiary/aromatic N) is 1. The molecular formula is C12H16N4O. The van der Waals surface area contributed by atoms with Gasteiger partial charge in [-0.1, -0.05) is 0 Å². The molecule has 0 spiro atoms. The Morgan fingerprint density at radius 2 is 2.41 bits per heavy atom. The molecule has 2 heterocycles. The molecule has 90 valence electrons. The van der Waals surface area contributed by atoms with Gasteiger partial charge in [-0.05, 0) is 30.7 Å². The fourth-order valence-corrected chi connectivity index (χ4v) is 1.72. The van der Waals surface area contributed by atoms with Crippen LogP contribution >= 0.6 is 0 Å². The number of carbonyl (C=O) groups is 1. The van der Waals surface area contributed by atoms with Gasteiger partial charge in [0.2, 0.25) is 5.91 Å². The van der Waals surface area contributed by atoms with E-state index in [0.717, 1.165) is 23.0 Å². The van der Waals surface area contributed by atoms with E-state index in [4.69, 9.17) is 5.73 Å². The molecule has 5 heteroatoms. The second-order valence-electron chi connectivity index (χ2n) is 3.88. The third kappa shape index (κ3) is 2.82. The first kappa shape index (κ1) is 11.6. The third-order valence-electron chi connectivity index (χ3n) is 2.59. The maximum absolute atomic E-state index is 11.6. The van der Waals surface area contributed by atoms with Crippen LogP contribution in [-0.2, 0) is 11.2 Å². The Hall–Kier alpha value is -1.88. The van der Waals surface area contributed by atoms with E-state index in [9.17, 15) is 4.79 Å². The minimum absolute atomic E-state index is 0.0169. The molecule has 4 N–H and O–H groups in total. The number of aromatic nitrogens is 2. The summed E-state index contributed by atoms with van der Waals surface area (Å²) in [6.45, 7) is 1.23. The van der Waals surface area contributed by atoms with Crippen molar-refractivity contribution in [3.63, 3.8) is 0 Å². The molecule has 0 aromatic carbocycles. The summed E-state index contributed by atoms with van der Waals surface area (Å²) in [7, 11) is 0. The van der Waals surface area contributed by atoms with Gasteiger partial charge in [-0.25, -0.2) is 4.98 Å². The number of fused-ring (bicyclic) bond motifs is 1. The minimum atomic E-state index is 0.0169. The van der Waals surface area contributed by atoms with Crippen molar-refractivity contribution in [3.8, 4) is 0 Å². The second kappa shape index (κ2) is 5.45. The van der Waals surface area contributed by atoms with Crippen LogP contribution in [0.3, 0.4) is 0 Å². The first-order valence-corrected chi connectivity index (χ1v) is 5.69. The summed E-state index contributed by atoms with van der Waals surface area (Å²) < 4.78 is 0. The highest BCUT2D eigenvalue weighted by Gasteiger charge is 2.08. The number of rotatable bonds is 5. The molecule has 0 unspecified atom stereocenters. The topological polar surface area (TPSA) is 83.8 Å². The van der Waals surface area contributed by atoms with Gasteiger partial charge >= 0.3 is 0 Å². The van der Waals surface area contributed by atoms with Crippen molar-refractivity contribution in [2.45, 2.75) is 12.8 Å². The van der Waals surface area contributed by atoms with Crippen molar-refractivity contribution >= 4 is 16.9 Å². The molecule has 0 aliphatic carbocycles. The molecule has 5 nitrogen and oxygen atoms in total. The van der Waals surface area contributed by atoms with Gasteiger partial charge in [-0.3, -0.25) is 4.79 Å². The predicted molar refractivity (Wildman–Crippen MR) is 66.5 cm³/mol. The van der Waals surface area contributed by atoms with Crippen LogP contribution in [0.5, 0.6) is 0 Å². The molecule has 0 aliphatic rings. The lowest BCUT2D eigenvalue weighted by Crippen LogP contribution is -2.27. The fraction of sp³-hybridized carbons (Fsp3) is 0.333. The van der Waals surface area contributed by atoms with Crippen molar-refractivity contribution in [1.82, 2.24) is 15.3 Å². The molecule has 2 rings (SSSR count). The highest BCUT2D eigenvalue weighted by Crippen LogP contribution is 2.15. The Morgan fingerprint density at radius 3 is 3.24 bits per heavy atom. The van der Waals surface area contributed by atoms with Gasteiger partial charge in [-0.15, -0.1) is 0 Å². The van der Waals surface area contributed by atoms with E-state index in [1.807, 2.05) is 18.3 Å². The Labute approximate surface area is 99.4 Å². The number of pyridine rings is 1. The normalized spacial score (nSPS) is 10.6. The van der Waals surface area contributed by atoms with Gasteiger partial charge in [0, 0.05) is 24.3 Å². The van der Waals surface area contributed by atoms with Crippen molar-refractivity contribution < 1.29 is 4.79 Å². The van der Waals surface area contributed by atoms with Crippen LogP contribution in [0, 0.1) is 0 Å². The maximum atomic E-state index is 11.6. The minimum Gasteiger partial charge on any atom is -0.356 e. The molecular weight excluding hydrogens is 216 g/mol. The van der Waals surface area contributed by atoms with E-state index in [-0.39, 0.29) is 5.91 Å². The molecule has 0 saturated carbocycles. The molecule has 0 atom stereocenters. The molecule has 2 aromatic heterocycles. The number of aromatic amines is 1. The highest BCUT2D eigenvalue weighted by atomic mass is 16.1. The van der Waals surface area contributed by atoms with Crippen LogP contribution in [0.2, 0.25) is 0 Å². The monoisotopic (exact) mass is 232 g/mol. The molecule has 1 amide bonds. The zero-order valence-corrected chi connectivity index (χ0v) is 9.57.